The molecule has 1 N–H and O–H groups in total. The highest BCUT2D eigenvalue weighted by Crippen LogP contribution is 2.17. The van der Waals surface area contributed by atoms with E-state index in [1.54, 1.807) is 0 Å². The largest absolute Gasteiger partial charge is 0.342 e. The average Bonchev–Trinajstić information content (AvgIpc) is 2.76. The van der Waals surface area contributed by atoms with Crippen LogP contribution in [0.4, 0.5) is 0 Å². The van der Waals surface area contributed by atoms with Crippen molar-refractivity contribution in [3.63, 3.8) is 0 Å². The molecule has 0 aromatic carbocycles. The highest BCUT2D eigenvalue weighted by atomic mass is 16.2. The Morgan fingerprint density at radius 1 is 1.29 bits per heavy atom. The van der Waals surface area contributed by atoms with E-state index in [2.05, 4.69) is 26.1 Å². The highest BCUT2D eigenvalue weighted by Gasteiger charge is 2.19. The van der Waals surface area contributed by atoms with Gasteiger partial charge in [-0.25, -0.2) is 0 Å². The van der Waals surface area contributed by atoms with Gasteiger partial charge >= 0.3 is 0 Å². The Hall–Kier alpha value is -0.570. The third kappa shape index (κ3) is 5.07. The van der Waals surface area contributed by atoms with Crippen LogP contribution in [0, 0.1) is 5.92 Å². The molecule has 0 aromatic rings. The van der Waals surface area contributed by atoms with Crippen LogP contribution in [0.3, 0.4) is 0 Å². The molecule has 3 nitrogen and oxygen atoms in total. The fourth-order valence-electron chi connectivity index (χ4n) is 2.57. The Kier molecular flexibility index (Phi) is 5.96. The fraction of sp³-hybridized carbons (Fsp3) is 0.929. The van der Waals surface area contributed by atoms with E-state index < -0.39 is 0 Å². The second kappa shape index (κ2) is 7.00. The third-order valence-corrected chi connectivity index (χ3v) is 3.76. The maximum Gasteiger partial charge on any atom is 0.236 e. The van der Waals surface area contributed by atoms with Crippen molar-refractivity contribution in [3.05, 3.63) is 0 Å². The van der Waals surface area contributed by atoms with Crippen molar-refractivity contribution < 1.29 is 4.79 Å². The zero-order valence-corrected chi connectivity index (χ0v) is 11.8. The molecule has 1 rings (SSSR count). The summed E-state index contributed by atoms with van der Waals surface area (Å²) in [6.45, 7) is 7.04. The molecular formula is C14H28N2O. The van der Waals surface area contributed by atoms with Crippen LogP contribution in [0.2, 0.25) is 0 Å². The second-order valence-electron chi connectivity index (χ2n) is 5.85. The average molecular weight is 240 g/mol. The first-order chi connectivity index (χ1) is 8.00. The van der Waals surface area contributed by atoms with E-state index in [0.717, 1.165) is 6.42 Å². The molecule has 0 aliphatic heterocycles. The molecule has 17 heavy (non-hydrogen) atoms. The number of likely N-dealkylation sites (N-methyl/N-ethyl adjacent to an activating group) is 1. The quantitative estimate of drug-likeness (QED) is 0.773. The Bertz CT molecular complexity index is 234. The van der Waals surface area contributed by atoms with E-state index in [9.17, 15) is 4.79 Å². The highest BCUT2D eigenvalue weighted by molar-refractivity contribution is 5.78. The van der Waals surface area contributed by atoms with E-state index >= 15 is 0 Å². The maximum absolute atomic E-state index is 12.0. The lowest BCUT2D eigenvalue weighted by Gasteiger charge is -2.27. The molecule has 0 radical (unpaired) electrons. The SMILES string of the molecule is CC(C)CC(C)N(C)C(=O)CNC1CCCC1. The fourth-order valence-corrected chi connectivity index (χ4v) is 2.57. The van der Waals surface area contributed by atoms with Gasteiger partial charge in [-0.05, 0) is 32.1 Å². The molecule has 3 heteroatoms. The van der Waals surface area contributed by atoms with Gasteiger partial charge in [-0.3, -0.25) is 4.79 Å². The molecule has 0 heterocycles. The monoisotopic (exact) mass is 240 g/mol. The number of amides is 1. The summed E-state index contributed by atoms with van der Waals surface area (Å²) < 4.78 is 0. The third-order valence-electron chi connectivity index (χ3n) is 3.76. The van der Waals surface area contributed by atoms with Gasteiger partial charge in [0, 0.05) is 19.1 Å². The van der Waals surface area contributed by atoms with Gasteiger partial charge < -0.3 is 10.2 Å². The molecule has 1 unspecified atom stereocenters. The molecule has 100 valence electrons. The predicted molar refractivity (Wildman–Crippen MR) is 71.9 cm³/mol. The summed E-state index contributed by atoms with van der Waals surface area (Å²) in [5, 5.41) is 3.38. The number of nitrogens with one attached hydrogen (secondary N) is 1. The minimum absolute atomic E-state index is 0.227. The van der Waals surface area contributed by atoms with Gasteiger partial charge in [-0.2, -0.15) is 0 Å². The van der Waals surface area contributed by atoms with Crippen LogP contribution in [0.1, 0.15) is 52.9 Å². The van der Waals surface area contributed by atoms with Crippen LogP contribution in [-0.2, 0) is 4.79 Å². The van der Waals surface area contributed by atoms with E-state index in [0.29, 0.717) is 24.5 Å². The Morgan fingerprint density at radius 3 is 2.41 bits per heavy atom. The zero-order chi connectivity index (χ0) is 12.8. The number of carbonyl (C=O) groups is 1. The lowest BCUT2D eigenvalue weighted by atomic mass is 10.0. The van der Waals surface area contributed by atoms with E-state index in [4.69, 9.17) is 0 Å². The number of carbonyl (C=O) groups excluding carboxylic acids is 1. The normalized spacial score (nSPS) is 18.6. The summed E-state index contributed by atoms with van der Waals surface area (Å²) >= 11 is 0. The van der Waals surface area contributed by atoms with Crippen LogP contribution in [0.5, 0.6) is 0 Å². The molecule has 1 fully saturated rings. The number of hydrogen-bond acceptors (Lipinski definition) is 2. The van der Waals surface area contributed by atoms with Crippen LogP contribution < -0.4 is 5.32 Å². The van der Waals surface area contributed by atoms with Gasteiger partial charge in [-0.15, -0.1) is 0 Å². The standard InChI is InChI=1S/C14H28N2O/c1-11(2)9-12(3)16(4)14(17)10-15-13-7-5-6-8-13/h11-13,15H,5-10H2,1-4H3. The summed E-state index contributed by atoms with van der Waals surface area (Å²) in [7, 11) is 1.92. The second-order valence-corrected chi connectivity index (χ2v) is 5.85. The summed E-state index contributed by atoms with van der Waals surface area (Å²) in [5.74, 6) is 0.869. The Balaban J connectivity index is 2.25. The topological polar surface area (TPSA) is 32.3 Å². The lowest BCUT2D eigenvalue weighted by molar-refractivity contribution is -0.131. The molecule has 1 atom stereocenters. The van der Waals surface area contributed by atoms with E-state index in [1.807, 2.05) is 11.9 Å². The van der Waals surface area contributed by atoms with E-state index in [-0.39, 0.29) is 5.91 Å². The van der Waals surface area contributed by atoms with Crippen LogP contribution in [0.15, 0.2) is 0 Å². The molecule has 1 saturated carbocycles. The van der Waals surface area contributed by atoms with Crippen molar-refractivity contribution in [2.75, 3.05) is 13.6 Å². The Labute approximate surface area is 106 Å². The number of hydrogen-bond donors (Lipinski definition) is 1. The molecule has 0 aromatic heterocycles. The summed E-state index contributed by atoms with van der Waals surface area (Å²) in [6, 6.07) is 0.917. The lowest BCUT2D eigenvalue weighted by Crippen LogP contribution is -2.43. The first-order valence-corrected chi connectivity index (χ1v) is 6.99. The van der Waals surface area contributed by atoms with Gasteiger partial charge in [0.25, 0.3) is 0 Å². The first-order valence-electron chi connectivity index (χ1n) is 6.99. The van der Waals surface area contributed by atoms with Crippen LogP contribution in [0.25, 0.3) is 0 Å². The minimum Gasteiger partial charge on any atom is -0.342 e. The summed E-state index contributed by atoms with van der Waals surface area (Å²) in [5.41, 5.74) is 0. The van der Waals surface area contributed by atoms with Gasteiger partial charge in [0.05, 0.1) is 6.54 Å². The van der Waals surface area contributed by atoms with Crippen LogP contribution >= 0.6 is 0 Å². The van der Waals surface area contributed by atoms with Crippen molar-refractivity contribution >= 4 is 5.91 Å². The van der Waals surface area contributed by atoms with Crippen molar-refractivity contribution in [2.24, 2.45) is 5.92 Å². The molecular weight excluding hydrogens is 212 g/mol. The summed E-state index contributed by atoms with van der Waals surface area (Å²) in [4.78, 5) is 13.9. The minimum atomic E-state index is 0.227. The predicted octanol–water partition coefficient (Wildman–Crippen LogP) is 2.41. The molecule has 1 amide bonds. The van der Waals surface area contributed by atoms with Crippen molar-refractivity contribution in [1.82, 2.24) is 10.2 Å². The molecule has 0 bridgehead atoms. The van der Waals surface area contributed by atoms with Crippen molar-refractivity contribution in [3.8, 4) is 0 Å². The Morgan fingerprint density at radius 2 is 1.88 bits per heavy atom. The number of rotatable bonds is 6. The zero-order valence-electron chi connectivity index (χ0n) is 11.8. The van der Waals surface area contributed by atoms with Gasteiger partial charge in [0.1, 0.15) is 0 Å². The van der Waals surface area contributed by atoms with Gasteiger partial charge in [0.2, 0.25) is 5.91 Å². The molecule has 0 spiro atoms. The van der Waals surface area contributed by atoms with Crippen molar-refractivity contribution in [2.45, 2.75) is 65.0 Å². The van der Waals surface area contributed by atoms with Gasteiger partial charge in [0.15, 0.2) is 0 Å². The summed E-state index contributed by atoms with van der Waals surface area (Å²) in [6.07, 6.45) is 6.17. The van der Waals surface area contributed by atoms with Gasteiger partial charge in [-0.1, -0.05) is 26.7 Å². The first kappa shape index (κ1) is 14.5. The molecule has 0 saturated heterocycles. The maximum atomic E-state index is 12.0. The number of nitrogens with zero attached hydrogens (tertiary/aromatic N) is 1. The van der Waals surface area contributed by atoms with E-state index in [1.165, 1.54) is 25.7 Å². The van der Waals surface area contributed by atoms with Crippen molar-refractivity contribution in [1.29, 1.82) is 0 Å². The van der Waals surface area contributed by atoms with Crippen LogP contribution in [-0.4, -0.2) is 36.5 Å². The smallest absolute Gasteiger partial charge is 0.236 e. The molecule has 1 aliphatic rings. The molecule has 1 aliphatic carbocycles.